The summed E-state index contributed by atoms with van der Waals surface area (Å²) in [5.74, 6) is 2.40. The van der Waals surface area contributed by atoms with Gasteiger partial charge in [-0.15, -0.1) is 0 Å². The average Bonchev–Trinajstić information content (AvgIpc) is 3.78. The third kappa shape index (κ3) is 7.22. The highest BCUT2D eigenvalue weighted by atomic mass is 16.2. The molecule has 8 rings (SSSR count). The minimum Gasteiger partial charge on any atom is -0.357 e. The Bertz CT molecular complexity index is 1890. The molecule has 1 aromatic carbocycles. The van der Waals surface area contributed by atoms with E-state index in [1.165, 1.54) is 29.7 Å². The second-order valence-electron chi connectivity index (χ2n) is 16.7. The first-order chi connectivity index (χ1) is 25.1. The lowest BCUT2D eigenvalue weighted by Gasteiger charge is -2.41. The van der Waals surface area contributed by atoms with Gasteiger partial charge in [0.2, 0.25) is 11.8 Å². The second-order valence-corrected chi connectivity index (χ2v) is 16.7. The van der Waals surface area contributed by atoms with Gasteiger partial charge in [0.25, 0.3) is 0 Å². The molecule has 0 saturated carbocycles. The molecule has 3 fully saturated rings. The summed E-state index contributed by atoms with van der Waals surface area (Å²) >= 11 is 0. The SMILES string of the molecule is C[C@@H](C(=O)N(C)c1ccc2cc(-c3n[nH]c4c3CCC(C)(C)C4)[nH]c2c1)N1CCN(CC2CCN(c3ccc(C4CCC(=O)NC4)cn3)CC2)CC1. The molecule has 1 aliphatic carbocycles. The minimum absolute atomic E-state index is 0.128. The summed E-state index contributed by atoms with van der Waals surface area (Å²) in [6.07, 6.45) is 9.09. The first kappa shape index (κ1) is 34.8. The number of piperidine rings is 2. The zero-order valence-corrected chi connectivity index (χ0v) is 31.4. The van der Waals surface area contributed by atoms with Gasteiger partial charge in [0, 0.05) is 106 Å². The van der Waals surface area contributed by atoms with Crippen LogP contribution in [0.3, 0.4) is 0 Å². The molecule has 276 valence electrons. The standard InChI is InChI=1S/C41H55N9O2/c1-27(40(52)47(4)32-8-5-29-21-35(44-34(29)22-32)39-33-11-14-41(2,3)23-36(33)45-46-39)49-19-17-48(18-20-49)26-28-12-15-50(16-13-28)37-9-6-30(24-42-37)31-7-10-38(51)43-25-31/h5-6,8-9,21-22,24,27-28,31,44H,7,10-20,23,25-26H2,1-4H3,(H,43,51)(H,45,46)/t27-,31?/m0/s1. The number of likely N-dealkylation sites (N-methyl/N-ethyl adjacent to an activating group) is 1. The molecule has 6 heterocycles. The number of benzene rings is 1. The van der Waals surface area contributed by atoms with Crippen molar-refractivity contribution in [1.82, 2.24) is 35.3 Å². The van der Waals surface area contributed by atoms with Gasteiger partial charge in [0.1, 0.15) is 11.5 Å². The average molecular weight is 706 g/mol. The highest BCUT2D eigenvalue weighted by molar-refractivity contribution is 5.99. The number of rotatable bonds is 8. The minimum atomic E-state index is -0.180. The van der Waals surface area contributed by atoms with Crippen LogP contribution in [0.2, 0.25) is 0 Å². The molecule has 2 amide bonds. The lowest BCUT2D eigenvalue weighted by atomic mass is 9.76. The van der Waals surface area contributed by atoms with Crippen molar-refractivity contribution in [3.05, 3.63) is 59.4 Å². The van der Waals surface area contributed by atoms with E-state index < -0.39 is 0 Å². The molecular formula is C41H55N9O2. The predicted molar refractivity (Wildman–Crippen MR) is 207 cm³/mol. The van der Waals surface area contributed by atoms with Gasteiger partial charge >= 0.3 is 0 Å². The van der Waals surface area contributed by atoms with Gasteiger partial charge in [-0.2, -0.15) is 5.10 Å². The van der Waals surface area contributed by atoms with Crippen molar-refractivity contribution in [2.75, 3.05) is 69.2 Å². The maximum Gasteiger partial charge on any atom is 0.243 e. The van der Waals surface area contributed by atoms with Crippen LogP contribution in [0, 0.1) is 11.3 Å². The van der Waals surface area contributed by atoms with Crippen molar-refractivity contribution in [3.63, 3.8) is 0 Å². The van der Waals surface area contributed by atoms with E-state index in [1.54, 1.807) is 0 Å². The molecule has 3 N–H and O–H groups in total. The van der Waals surface area contributed by atoms with Crippen molar-refractivity contribution >= 4 is 34.2 Å². The van der Waals surface area contributed by atoms with Crippen LogP contribution in [-0.2, 0) is 22.4 Å². The third-order valence-electron chi connectivity index (χ3n) is 12.5. The maximum absolute atomic E-state index is 13.8. The summed E-state index contributed by atoms with van der Waals surface area (Å²) in [7, 11) is 1.90. The van der Waals surface area contributed by atoms with Crippen LogP contribution in [0.5, 0.6) is 0 Å². The molecule has 0 bridgehead atoms. The Morgan fingerprint density at radius 2 is 1.83 bits per heavy atom. The third-order valence-corrected chi connectivity index (χ3v) is 12.5. The van der Waals surface area contributed by atoms with E-state index in [0.29, 0.717) is 30.2 Å². The molecule has 3 saturated heterocycles. The molecule has 0 spiro atoms. The number of nitrogens with one attached hydrogen (secondary N) is 3. The molecule has 4 aliphatic rings. The molecule has 3 aliphatic heterocycles. The van der Waals surface area contributed by atoms with Gasteiger partial charge in [0.05, 0.1) is 11.7 Å². The molecule has 1 unspecified atom stereocenters. The summed E-state index contributed by atoms with van der Waals surface area (Å²) in [5.41, 5.74) is 8.11. The number of carbonyl (C=O) groups is 2. The molecule has 11 nitrogen and oxygen atoms in total. The van der Waals surface area contributed by atoms with Crippen LogP contribution in [0.4, 0.5) is 11.5 Å². The molecule has 3 aromatic heterocycles. The number of aromatic nitrogens is 4. The largest absolute Gasteiger partial charge is 0.357 e. The number of amides is 2. The first-order valence-electron chi connectivity index (χ1n) is 19.5. The molecule has 2 atom stereocenters. The Kier molecular flexibility index (Phi) is 9.59. The molecule has 52 heavy (non-hydrogen) atoms. The molecule has 0 radical (unpaired) electrons. The van der Waals surface area contributed by atoms with E-state index in [9.17, 15) is 9.59 Å². The van der Waals surface area contributed by atoms with Gasteiger partial charge in [-0.1, -0.05) is 26.0 Å². The highest BCUT2D eigenvalue weighted by Gasteiger charge is 2.32. The zero-order valence-electron chi connectivity index (χ0n) is 31.4. The number of nitrogens with zero attached hydrogens (tertiary/aromatic N) is 6. The number of H-pyrrole nitrogens is 2. The van der Waals surface area contributed by atoms with E-state index in [-0.39, 0.29) is 17.9 Å². The van der Waals surface area contributed by atoms with Gasteiger partial charge in [0.15, 0.2) is 0 Å². The van der Waals surface area contributed by atoms with E-state index in [1.807, 2.05) is 18.1 Å². The maximum atomic E-state index is 13.8. The van der Waals surface area contributed by atoms with Crippen LogP contribution < -0.4 is 15.1 Å². The molecular weight excluding hydrogens is 651 g/mol. The number of hydrogen-bond donors (Lipinski definition) is 3. The fraction of sp³-hybridized carbons (Fsp3) is 0.561. The summed E-state index contributed by atoms with van der Waals surface area (Å²) in [4.78, 5) is 42.9. The van der Waals surface area contributed by atoms with Crippen molar-refractivity contribution < 1.29 is 9.59 Å². The Balaban J connectivity index is 0.805. The first-order valence-corrected chi connectivity index (χ1v) is 19.5. The van der Waals surface area contributed by atoms with Gasteiger partial charge in [-0.25, -0.2) is 4.98 Å². The summed E-state index contributed by atoms with van der Waals surface area (Å²) in [5, 5.41) is 12.1. The summed E-state index contributed by atoms with van der Waals surface area (Å²) < 4.78 is 0. The van der Waals surface area contributed by atoms with Crippen molar-refractivity contribution in [2.45, 2.75) is 77.7 Å². The Hall–Kier alpha value is -4.22. The topological polar surface area (TPSA) is 116 Å². The van der Waals surface area contributed by atoms with Crippen molar-refractivity contribution in [2.24, 2.45) is 11.3 Å². The van der Waals surface area contributed by atoms with Crippen LogP contribution in [-0.4, -0.2) is 107 Å². The van der Waals surface area contributed by atoms with E-state index in [2.05, 4.69) is 87.3 Å². The lowest BCUT2D eigenvalue weighted by Crippen LogP contribution is -2.55. The van der Waals surface area contributed by atoms with Gasteiger partial charge < -0.3 is 25.0 Å². The van der Waals surface area contributed by atoms with Gasteiger partial charge in [-0.05, 0) is 86.6 Å². The fourth-order valence-corrected chi connectivity index (χ4v) is 8.97. The number of aromatic amines is 2. The van der Waals surface area contributed by atoms with E-state index in [4.69, 9.17) is 10.1 Å². The van der Waals surface area contributed by atoms with Gasteiger partial charge in [-0.3, -0.25) is 19.6 Å². The second kappa shape index (κ2) is 14.3. The van der Waals surface area contributed by atoms with E-state index in [0.717, 1.165) is 105 Å². The highest BCUT2D eigenvalue weighted by Crippen LogP contribution is 2.38. The normalized spacial score (nSPS) is 22.3. The fourth-order valence-electron chi connectivity index (χ4n) is 8.97. The lowest BCUT2D eigenvalue weighted by molar-refractivity contribution is -0.124. The number of anilines is 2. The van der Waals surface area contributed by atoms with E-state index >= 15 is 0 Å². The number of piperazine rings is 1. The van der Waals surface area contributed by atoms with Crippen molar-refractivity contribution in [3.8, 4) is 11.4 Å². The predicted octanol–water partition coefficient (Wildman–Crippen LogP) is 5.35. The molecule has 11 heteroatoms. The van der Waals surface area contributed by atoms with Crippen LogP contribution in [0.25, 0.3) is 22.3 Å². The van der Waals surface area contributed by atoms with Crippen LogP contribution >= 0.6 is 0 Å². The van der Waals surface area contributed by atoms with Crippen LogP contribution in [0.1, 0.15) is 75.6 Å². The monoisotopic (exact) mass is 705 g/mol. The zero-order chi connectivity index (χ0) is 36.0. The van der Waals surface area contributed by atoms with Crippen LogP contribution in [0.15, 0.2) is 42.6 Å². The number of pyridine rings is 1. The number of fused-ring (bicyclic) bond motifs is 2. The number of hydrogen-bond acceptors (Lipinski definition) is 7. The Labute approximate surface area is 307 Å². The summed E-state index contributed by atoms with van der Waals surface area (Å²) in [6.45, 7) is 14.4. The quantitative estimate of drug-likeness (QED) is 0.227. The number of carbonyl (C=O) groups excluding carboxylic acids is 2. The van der Waals surface area contributed by atoms with Crippen molar-refractivity contribution in [1.29, 1.82) is 0 Å². The Morgan fingerprint density at radius 3 is 2.56 bits per heavy atom. The Morgan fingerprint density at radius 1 is 1.02 bits per heavy atom. The molecule has 4 aromatic rings. The summed E-state index contributed by atoms with van der Waals surface area (Å²) in [6, 6.07) is 12.6. The smallest absolute Gasteiger partial charge is 0.243 e.